The Bertz CT molecular complexity index is 886. The Hall–Kier alpha value is -2.44. The Morgan fingerprint density at radius 1 is 1.08 bits per heavy atom. The Balaban J connectivity index is 2.00. The van der Waals surface area contributed by atoms with Gasteiger partial charge in [0.05, 0.1) is 12.3 Å². The van der Waals surface area contributed by atoms with E-state index in [2.05, 4.69) is 36.5 Å². The van der Waals surface area contributed by atoms with Gasteiger partial charge in [0.1, 0.15) is 5.82 Å². The number of aromatic nitrogens is 2. The first-order chi connectivity index (χ1) is 12.6. The van der Waals surface area contributed by atoms with Gasteiger partial charge in [-0.3, -0.25) is 0 Å². The molecule has 1 aromatic heterocycles. The highest BCUT2D eigenvalue weighted by Crippen LogP contribution is 2.28. The maximum absolute atomic E-state index is 9.31. The summed E-state index contributed by atoms with van der Waals surface area (Å²) in [7, 11) is 0. The van der Waals surface area contributed by atoms with Gasteiger partial charge in [0, 0.05) is 27.8 Å². The summed E-state index contributed by atoms with van der Waals surface area (Å²) < 4.78 is 1.03. The zero-order valence-electron chi connectivity index (χ0n) is 14.7. The van der Waals surface area contributed by atoms with Crippen molar-refractivity contribution in [2.24, 2.45) is 0 Å². The normalized spacial score (nSPS) is 11.8. The van der Waals surface area contributed by atoms with Gasteiger partial charge in [-0.2, -0.15) is 4.98 Å². The molecule has 0 aliphatic heterocycles. The lowest BCUT2D eigenvalue weighted by Gasteiger charge is -2.15. The van der Waals surface area contributed by atoms with Crippen molar-refractivity contribution < 1.29 is 5.11 Å². The van der Waals surface area contributed by atoms with E-state index in [4.69, 9.17) is 0 Å². The lowest BCUT2D eigenvalue weighted by molar-refractivity contribution is 0.281. The molecule has 0 aliphatic rings. The second kappa shape index (κ2) is 8.29. The smallest absolute Gasteiger partial charge is 0.225 e. The molecule has 1 heterocycles. The monoisotopic (exact) mass is 412 g/mol. The van der Waals surface area contributed by atoms with Crippen molar-refractivity contribution in [3.8, 4) is 11.3 Å². The number of anilines is 3. The summed E-state index contributed by atoms with van der Waals surface area (Å²) in [4.78, 5) is 9.14. The second-order valence-electron chi connectivity index (χ2n) is 6.09. The van der Waals surface area contributed by atoms with Crippen LogP contribution in [0.5, 0.6) is 0 Å². The molecule has 2 aromatic carbocycles. The van der Waals surface area contributed by atoms with E-state index < -0.39 is 0 Å². The Morgan fingerprint density at radius 2 is 1.85 bits per heavy atom. The number of halogens is 1. The molecule has 3 aromatic rings. The fraction of sp³-hybridized carbons (Fsp3) is 0.200. The molecule has 0 fully saturated rings. The molecule has 6 heteroatoms. The summed E-state index contributed by atoms with van der Waals surface area (Å²) in [6.45, 7) is 3.93. The molecule has 0 saturated heterocycles. The molecule has 3 rings (SSSR count). The molecule has 0 amide bonds. The first kappa shape index (κ1) is 18.4. The minimum absolute atomic E-state index is 0.00638. The first-order valence-electron chi connectivity index (χ1n) is 8.41. The second-order valence-corrected chi connectivity index (χ2v) is 6.95. The van der Waals surface area contributed by atoms with E-state index >= 15 is 0 Å². The van der Waals surface area contributed by atoms with Crippen LogP contribution in [0.1, 0.15) is 12.5 Å². The van der Waals surface area contributed by atoms with Gasteiger partial charge in [-0.05, 0) is 31.5 Å². The van der Waals surface area contributed by atoms with Crippen LogP contribution in [-0.4, -0.2) is 27.7 Å². The van der Waals surface area contributed by atoms with Crippen LogP contribution in [0, 0.1) is 6.92 Å². The summed E-state index contributed by atoms with van der Waals surface area (Å²) in [6, 6.07) is 17.7. The van der Waals surface area contributed by atoms with E-state index in [0.29, 0.717) is 11.8 Å². The lowest BCUT2D eigenvalue weighted by Crippen LogP contribution is -2.21. The molecular weight excluding hydrogens is 392 g/mol. The van der Waals surface area contributed by atoms with Gasteiger partial charge in [0.15, 0.2) is 0 Å². The van der Waals surface area contributed by atoms with Crippen molar-refractivity contribution in [1.29, 1.82) is 0 Å². The summed E-state index contributed by atoms with van der Waals surface area (Å²) in [6.07, 6.45) is 0. The third-order valence-electron chi connectivity index (χ3n) is 3.98. The van der Waals surface area contributed by atoms with Gasteiger partial charge in [-0.15, -0.1) is 0 Å². The Morgan fingerprint density at radius 3 is 2.58 bits per heavy atom. The Kier molecular flexibility index (Phi) is 5.85. The summed E-state index contributed by atoms with van der Waals surface area (Å²) >= 11 is 3.55. The van der Waals surface area contributed by atoms with Crippen molar-refractivity contribution in [1.82, 2.24) is 9.97 Å². The molecule has 0 aliphatic carbocycles. The van der Waals surface area contributed by atoms with Gasteiger partial charge < -0.3 is 15.7 Å². The molecule has 134 valence electrons. The van der Waals surface area contributed by atoms with Crippen molar-refractivity contribution in [2.75, 3.05) is 17.2 Å². The Labute approximate surface area is 161 Å². The molecule has 1 atom stereocenters. The predicted molar refractivity (Wildman–Crippen MR) is 110 cm³/mol. The quantitative estimate of drug-likeness (QED) is 0.544. The van der Waals surface area contributed by atoms with Gasteiger partial charge >= 0.3 is 0 Å². The molecule has 3 N–H and O–H groups in total. The van der Waals surface area contributed by atoms with Gasteiger partial charge in [-0.1, -0.05) is 52.3 Å². The van der Waals surface area contributed by atoms with Crippen LogP contribution in [0.3, 0.4) is 0 Å². The number of aliphatic hydroxyl groups is 1. The number of nitrogens with one attached hydrogen (secondary N) is 2. The maximum Gasteiger partial charge on any atom is 0.225 e. The molecule has 0 unspecified atom stereocenters. The highest BCUT2D eigenvalue weighted by molar-refractivity contribution is 9.10. The number of nitrogens with zero attached hydrogens (tertiary/aromatic N) is 2. The largest absolute Gasteiger partial charge is 0.394 e. The van der Waals surface area contributed by atoms with Crippen LogP contribution in [-0.2, 0) is 0 Å². The predicted octanol–water partition coefficient (Wildman–Crippen LogP) is 4.75. The summed E-state index contributed by atoms with van der Waals surface area (Å²) in [5.41, 5.74) is 3.89. The topological polar surface area (TPSA) is 70.1 Å². The summed E-state index contributed by atoms with van der Waals surface area (Å²) in [5, 5.41) is 15.8. The molecule has 0 bridgehead atoms. The van der Waals surface area contributed by atoms with Crippen LogP contribution < -0.4 is 10.6 Å². The highest BCUT2D eigenvalue weighted by atomic mass is 79.9. The average Bonchev–Trinajstić information content (AvgIpc) is 2.66. The van der Waals surface area contributed by atoms with Crippen molar-refractivity contribution in [3.05, 3.63) is 64.6 Å². The van der Waals surface area contributed by atoms with Crippen LogP contribution in [0.25, 0.3) is 11.3 Å². The molecule has 0 radical (unpaired) electrons. The molecule has 26 heavy (non-hydrogen) atoms. The number of benzene rings is 2. The highest BCUT2D eigenvalue weighted by Gasteiger charge is 2.10. The standard InChI is InChI=1S/C20H21BrN4O/c1-13(12-26)22-20-24-18(15-7-4-3-5-8-15)11-19(25-20)23-17-10-6-9-16(21)14(17)2/h3-11,13,26H,12H2,1-2H3,(H2,22,23,24,25)/t13-/m1/s1. The van der Waals surface area contributed by atoms with E-state index in [1.807, 2.05) is 68.4 Å². The zero-order chi connectivity index (χ0) is 18.5. The summed E-state index contributed by atoms with van der Waals surface area (Å²) in [5.74, 6) is 1.16. The molecular formula is C20H21BrN4O. The zero-order valence-corrected chi connectivity index (χ0v) is 16.3. The maximum atomic E-state index is 9.31. The lowest BCUT2D eigenvalue weighted by atomic mass is 10.1. The van der Waals surface area contributed by atoms with Crippen molar-refractivity contribution in [3.63, 3.8) is 0 Å². The third kappa shape index (κ3) is 4.39. The molecule has 5 nitrogen and oxygen atoms in total. The minimum Gasteiger partial charge on any atom is -0.394 e. The van der Waals surface area contributed by atoms with E-state index in [-0.39, 0.29) is 12.6 Å². The third-order valence-corrected chi connectivity index (χ3v) is 4.83. The SMILES string of the molecule is Cc1c(Br)cccc1Nc1cc(-c2ccccc2)nc(N[C@H](C)CO)n1. The van der Waals surface area contributed by atoms with Gasteiger partial charge in [0.2, 0.25) is 5.95 Å². The van der Waals surface area contributed by atoms with E-state index in [1.54, 1.807) is 0 Å². The van der Waals surface area contributed by atoms with E-state index in [9.17, 15) is 5.11 Å². The van der Waals surface area contributed by atoms with Crippen molar-refractivity contribution >= 4 is 33.4 Å². The van der Waals surface area contributed by atoms with Crippen LogP contribution in [0.2, 0.25) is 0 Å². The van der Waals surface area contributed by atoms with Crippen LogP contribution in [0.4, 0.5) is 17.5 Å². The number of aliphatic hydroxyl groups excluding tert-OH is 1. The van der Waals surface area contributed by atoms with E-state index in [1.165, 1.54) is 0 Å². The number of hydrogen-bond acceptors (Lipinski definition) is 5. The number of rotatable bonds is 6. The first-order valence-corrected chi connectivity index (χ1v) is 9.20. The van der Waals surface area contributed by atoms with Gasteiger partial charge in [0.25, 0.3) is 0 Å². The molecule has 0 saturated carbocycles. The fourth-order valence-corrected chi connectivity index (χ4v) is 2.85. The fourth-order valence-electron chi connectivity index (χ4n) is 2.48. The average molecular weight is 413 g/mol. The number of hydrogen-bond donors (Lipinski definition) is 3. The van der Waals surface area contributed by atoms with E-state index in [0.717, 1.165) is 27.0 Å². The van der Waals surface area contributed by atoms with Gasteiger partial charge in [-0.25, -0.2) is 4.98 Å². The molecule has 0 spiro atoms. The van der Waals surface area contributed by atoms with Crippen molar-refractivity contribution in [2.45, 2.75) is 19.9 Å². The minimum atomic E-state index is -0.138. The van der Waals surface area contributed by atoms with Crippen LogP contribution >= 0.6 is 15.9 Å². The van der Waals surface area contributed by atoms with Crippen LogP contribution in [0.15, 0.2) is 59.1 Å².